The average molecular weight is 277 g/mol. The molecule has 5 heteroatoms. The minimum absolute atomic E-state index is 0.343. The van der Waals surface area contributed by atoms with E-state index >= 15 is 0 Å². The van der Waals surface area contributed by atoms with E-state index < -0.39 is 11.7 Å². The van der Waals surface area contributed by atoms with E-state index in [4.69, 9.17) is 11.6 Å². The second-order valence-electron chi connectivity index (χ2n) is 4.25. The zero-order valence-corrected chi connectivity index (χ0v) is 11.4. The van der Waals surface area contributed by atoms with Crippen LogP contribution in [-0.4, -0.2) is 16.3 Å². The Morgan fingerprint density at radius 2 is 2.00 bits per heavy atom. The van der Waals surface area contributed by atoms with Gasteiger partial charge in [0, 0.05) is 24.0 Å². The molecule has 2 rings (SSSR count). The normalized spacial score (nSPS) is 10.3. The zero-order valence-electron chi connectivity index (χ0n) is 10.6. The van der Waals surface area contributed by atoms with Crippen LogP contribution in [0.3, 0.4) is 0 Å². The Balaban J connectivity index is 2.15. The number of aryl methyl sites for hydroxylation is 2. The molecule has 1 N–H and O–H groups in total. The molecule has 4 nitrogen and oxygen atoms in total. The smallest absolute Gasteiger partial charge is 0.298 e. The van der Waals surface area contributed by atoms with E-state index in [-0.39, 0.29) is 0 Å². The molecule has 0 spiro atoms. The molecule has 0 bridgehead atoms. The van der Waals surface area contributed by atoms with Crippen molar-refractivity contribution in [3.05, 3.63) is 52.8 Å². The van der Waals surface area contributed by atoms with Gasteiger partial charge in [-0.25, -0.2) is 0 Å². The number of nitrogens with zero attached hydrogens (tertiary/aromatic N) is 1. The summed E-state index contributed by atoms with van der Waals surface area (Å²) in [5.74, 6) is -1.26. The predicted molar refractivity (Wildman–Crippen MR) is 74.6 cm³/mol. The van der Waals surface area contributed by atoms with Crippen molar-refractivity contribution in [3.8, 4) is 0 Å². The van der Waals surface area contributed by atoms with Crippen molar-refractivity contribution in [1.29, 1.82) is 0 Å². The summed E-state index contributed by atoms with van der Waals surface area (Å²) < 4.78 is 1.60. The quantitative estimate of drug-likeness (QED) is 0.692. The van der Waals surface area contributed by atoms with Crippen LogP contribution < -0.4 is 5.32 Å². The molecule has 0 radical (unpaired) electrons. The lowest BCUT2D eigenvalue weighted by atomic mass is 10.2. The molecule has 1 heterocycles. The van der Waals surface area contributed by atoms with Crippen LogP contribution in [0.1, 0.15) is 16.1 Å². The van der Waals surface area contributed by atoms with Gasteiger partial charge in [-0.2, -0.15) is 0 Å². The summed E-state index contributed by atoms with van der Waals surface area (Å²) in [6.07, 6.45) is 1.71. The summed E-state index contributed by atoms with van der Waals surface area (Å²) in [5.41, 5.74) is 1.76. The molecule has 1 amide bonds. The number of anilines is 1. The highest BCUT2D eigenvalue weighted by molar-refractivity contribution is 6.46. The van der Waals surface area contributed by atoms with Gasteiger partial charge in [0.1, 0.15) is 0 Å². The fourth-order valence-corrected chi connectivity index (χ4v) is 1.85. The largest absolute Gasteiger partial charge is 0.348 e. The highest BCUT2D eigenvalue weighted by Gasteiger charge is 2.18. The van der Waals surface area contributed by atoms with E-state index in [1.807, 2.05) is 6.92 Å². The Hall–Kier alpha value is -2.07. The standard InChI is InChI=1S/C14H13ClN2O2/c1-9-5-6-10(8-11(9)15)16-14(19)13(18)12-4-3-7-17(12)2/h3-8H,1-2H3,(H,16,19). The number of nitrogens with one attached hydrogen (secondary N) is 1. The number of ketones is 1. The Bertz CT molecular complexity index is 647. The van der Waals surface area contributed by atoms with Crippen LogP contribution in [0.2, 0.25) is 5.02 Å². The molecule has 0 aliphatic heterocycles. The first kappa shape index (κ1) is 13.4. The maximum Gasteiger partial charge on any atom is 0.298 e. The molecule has 0 aliphatic rings. The number of carbonyl (C=O) groups excluding carboxylic acids is 2. The number of hydrogen-bond donors (Lipinski definition) is 1. The Kier molecular flexibility index (Phi) is 3.71. The van der Waals surface area contributed by atoms with Gasteiger partial charge in [-0.05, 0) is 36.8 Å². The Morgan fingerprint density at radius 1 is 1.26 bits per heavy atom. The van der Waals surface area contributed by atoms with Crippen LogP contribution in [0.5, 0.6) is 0 Å². The number of hydrogen-bond acceptors (Lipinski definition) is 2. The molecule has 1 aromatic carbocycles. The number of carbonyl (C=O) groups is 2. The van der Waals surface area contributed by atoms with E-state index in [9.17, 15) is 9.59 Å². The van der Waals surface area contributed by atoms with Crippen LogP contribution in [0.4, 0.5) is 5.69 Å². The summed E-state index contributed by atoms with van der Waals surface area (Å²) in [6.45, 7) is 1.86. The lowest BCUT2D eigenvalue weighted by Gasteiger charge is -2.06. The second-order valence-corrected chi connectivity index (χ2v) is 4.66. The molecule has 0 unspecified atom stereocenters. The molecule has 2 aromatic rings. The fourth-order valence-electron chi connectivity index (χ4n) is 1.67. The number of amides is 1. The molecule has 98 valence electrons. The summed E-state index contributed by atoms with van der Waals surface area (Å²) >= 11 is 5.96. The number of halogens is 1. The van der Waals surface area contributed by atoms with Gasteiger partial charge < -0.3 is 9.88 Å². The van der Waals surface area contributed by atoms with Gasteiger partial charge >= 0.3 is 0 Å². The van der Waals surface area contributed by atoms with Gasteiger partial charge in [-0.3, -0.25) is 9.59 Å². The summed E-state index contributed by atoms with van der Waals surface area (Å²) in [7, 11) is 1.71. The summed E-state index contributed by atoms with van der Waals surface area (Å²) in [4.78, 5) is 23.8. The van der Waals surface area contributed by atoms with E-state index in [0.717, 1.165) is 5.56 Å². The third-order valence-electron chi connectivity index (χ3n) is 2.81. The summed E-state index contributed by atoms with van der Waals surface area (Å²) in [5, 5.41) is 3.08. The second kappa shape index (κ2) is 5.28. The third kappa shape index (κ3) is 2.85. The number of aromatic nitrogens is 1. The van der Waals surface area contributed by atoms with Crippen molar-refractivity contribution in [2.45, 2.75) is 6.92 Å². The zero-order chi connectivity index (χ0) is 14.0. The average Bonchev–Trinajstić information content (AvgIpc) is 2.79. The van der Waals surface area contributed by atoms with E-state index in [1.165, 1.54) is 0 Å². The molecule has 0 aliphatic carbocycles. The molecular formula is C14H13ClN2O2. The lowest BCUT2D eigenvalue weighted by molar-refractivity contribution is -0.112. The Labute approximate surface area is 116 Å². The van der Waals surface area contributed by atoms with E-state index in [0.29, 0.717) is 16.4 Å². The molecule has 0 atom stereocenters. The fraction of sp³-hybridized carbons (Fsp3) is 0.143. The minimum atomic E-state index is -0.679. The first-order valence-corrected chi connectivity index (χ1v) is 6.10. The molecule has 0 fully saturated rings. The van der Waals surface area contributed by atoms with Gasteiger partial charge in [0.05, 0.1) is 5.69 Å². The molecule has 19 heavy (non-hydrogen) atoms. The molecular weight excluding hydrogens is 264 g/mol. The number of benzene rings is 1. The van der Waals surface area contributed by atoms with Crippen molar-refractivity contribution in [2.24, 2.45) is 7.05 Å². The lowest BCUT2D eigenvalue weighted by Crippen LogP contribution is -2.24. The van der Waals surface area contributed by atoms with Crippen LogP contribution in [0, 0.1) is 6.92 Å². The topological polar surface area (TPSA) is 51.1 Å². The van der Waals surface area contributed by atoms with Crippen molar-refractivity contribution in [3.63, 3.8) is 0 Å². The highest BCUT2D eigenvalue weighted by Crippen LogP contribution is 2.20. The van der Waals surface area contributed by atoms with Crippen molar-refractivity contribution in [2.75, 3.05) is 5.32 Å². The highest BCUT2D eigenvalue weighted by atomic mass is 35.5. The predicted octanol–water partition coefficient (Wildman–Crippen LogP) is 2.81. The molecule has 1 aromatic heterocycles. The number of rotatable bonds is 3. The maximum atomic E-state index is 11.9. The third-order valence-corrected chi connectivity index (χ3v) is 3.22. The minimum Gasteiger partial charge on any atom is -0.348 e. The van der Waals surface area contributed by atoms with Crippen LogP contribution in [0.15, 0.2) is 36.5 Å². The first-order valence-electron chi connectivity index (χ1n) is 5.72. The maximum absolute atomic E-state index is 11.9. The van der Waals surface area contributed by atoms with E-state index in [1.54, 1.807) is 48.1 Å². The monoisotopic (exact) mass is 276 g/mol. The Morgan fingerprint density at radius 3 is 2.58 bits per heavy atom. The van der Waals surface area contributed by atoms with Gasteiger partial charge in [0.2, 0.25) is 0 Å². The van der Waals surface area contributed by atoms with Crippen LogP contribution >= 0.6 is 11.6 Å². The van der Waals surface area contributed by atoms with Crippen molar-refractivity contribution in [1.82, 2.24) is 4.57 Å². The van der Waals surface area contributed by atoms with Crippen LogP contribution in [-0.2, 0) is 11.8 Å². The van der Waals surface area contributed by atoms with Crippen LogP contribution in [0.25, 0.3) is 0 Å². The van der Waals surface area contributed by atoms with E-state index in [2.05, 4.69) is 5.32 Å². The SMILES string of the molecule is Cc1ccc(NC(=O)C(=O)c2cccn2C)cc1Cl. The summed E-state index contributed by atoms with van der Waals surface area (Å²) in [6, 6.07) is 8.42. The van der Waals surface area contributed by atoms with Gasteiger partial charge in [0.15, 0.2) is 0 Å². The van der Waals surface area contributed by atoms with Gasteiger partial charge in [0.25, 0.3) is 11.7 Å². The van der Waals surface area contributed by atoms with Crippen molar-refractivity contribution >= 4 is 29.0 Å². The molecule has 0 saturated carbocycles. The van der Waals surface area contributed by atoms with Crippen molar-refractivity contribution < 1.29 is 9.59 Å². The molecule has 0 saturated heterocycles. The van der Waals surface area contributed by atoms with Gasteiger partial charge in [-0.1, -0.05) is 17.7 Å². The number of Topliss-reactive ketones (excluding diaryl/α,β-unsaturated/α-hetero) is 1. The first-order chi connectivity index (χ1) is 8.99. The van der Waals surface area contributed by atoms with Gasteiger partial charge in [-0.15, -0.1) is 0 Å².